The summed E-state index contributed by atoms with van der Waals surface area (Å²) in [7, 11) is 0. The van der Waals surface area contributed by atoms with Gasteiger partial charge in [0.1, 0.15) is 0 Å². The second kappa shape index (κ2) is 5.70. The van der Waals surface area contributed by atoms with Crippen molar-refractivity contribution in [3.05, 3.63) is 0 Å². The maximum absolute atomic E-state index is 11.4. The molecule has 92 valence electrons. The number of hydrogen-bond donors (Lipinski definition) is 1. The molecule has 0 radical (unpaired) electrons. The van der Waals surface area contributed by atoms with Crippen LogP contribution in [0.3, 0.4) is 0 Å². The first-order chi connectivity index (χ1) is 7.77. The van der Waals surface area contributed by atoms with Gasteiger partial charge in [0.25, 0.3) is 0 Å². The molecule has 2 heteroatoms. The van der Waals surface area contributed by atoms with Crippen molar-refractivity contribution in [3.8, 4) is 0 Å². The standard InChI is InChI=1S/C14H25NO/c1-11-9-13(10-15-14(11)16)12-7-5-3-2-4-6-8-12/h11-13H,2-10H2,1H3,(H,15,16). The Hall–Kier alpha value is -0.530. The van der Waals surface area contributed by atoms with Gasteiger partial charge in [0.05, 0.1) is 0 Å². The number of carbonyl (C=O) groups excluding carboxylic acids is 1. The lowest BCUT2D eigenvalue weighted by atomic mass is 9.76. The molecular formula is C14H25NO. The van der Waals surface area contributed by atoms with Gasteiger partial charge in [-0.05, 0) is 18.3 Å². The molecule has 2 aliphatic rings. The van der Waals surface area contributed by atoms with Crippen LogP contribution in [0.15, 0.2) is 0 Å². The van der Waals surface area contributed by atoms with Crippen LogP contribution >= 0.6 is 0 Å². The van der Waals surface area contributed by atoms with Crippen molar-refractivity contribution in [2.75, 3.05) is 6.54 Å². The van der Waals surface area contributed by atoms with Crippen LogP contribution in [0, 0.1) is 17.8 Å². The van der Waals surface area contributed by atoms with E-state index in [1.165, 1.54) is 44.9 Å². The average Bonchev–Trinajstić information content (AvgIpc) is 2.22. The molecule has 1 N–H and O–H groups in total. The molecular weight excluding hydrogens is 198 g/mol. The van der Waals surface area contributed by atoms with Crippen LogP contribution in [0.2, 0.25) is 0 Å². The summed E-state index contributed by atoms with van der Waals surface area (Å²) >= 11 is 0. The van der Waals surface area contributed by atoms with E-state index in [1.54, 1.807) is 0 Å². The number of nitrogens with one attached hydrogen (secondary N) is 1. The minimum atomic E-state index is 0.240. The lowest BCUT2D eigenvalue weighted by Crippen LogP contribution is -2.43. The third-order valence-corrected chi connectivity index (χ3v) is 4.46. The van der Waals surface area contributed by atoms with Gasteiger partial charge in [-0.2, -0.15) is 0 Å². The second-order valence-corrected chi connectivity index (χ2v) is 5.75. The highest BCUT2D eigenvalue weighted by Gasteiger charge is 2.30. The van der Waals surface area contributed by atoms with Crippen molar-refractivity contribution < 1.29 is 4.79 Å². The lowest BCUT2D eigenvalue weighted by Gasteiger charge is -2.34. The summed E-state index contributed by atoms with van der Waals surface area (Å²) in [5.41, 5.74) is 0. The topological polar surface area (TPSA) is 29.1 Å². The first kappa shape index (κ1) is 11.9. The molecule has 0 aromatic heterocycles. The molecule has 0 aromatic carbocycles. The van der Waals surface area contributed by atoms with Crippen LogP contribution in [-0.2, 0) is 4.79 Å². The van der Waals surface area contributed by atoms with Gasteiger partial charge in [0.2, 0.25) is 5.91 Å². The van der Waals surface area contributed by atoms with Crippen LogP contribution < -0.4 is 5.32 Å². The van der Waals surface area contributed by atoms with Gasteiger partial charge in [0, 0.05) is 12.5 Å². The summed E-state index contributed by atoms with van der Waals surface area (Å²) in [5.74, 6) is 2.14. The minimum absolute atomic E-state index is 0.240. The van der Waals surface area contributed by atoms with E-state index in [-0.39, 0.29) is 11.8 Å². The monoisotopic (exact) mass is 223 g/mol. The van der Waals surface area contributed by atoms with E-state index in [4.69, 9.17) is 0 Å². The van der Waals surface area contributed by atoms with Crippen LogP contribution in [0.25, 0.3) is 0 Å². The molecule has 0 aromatic rings. The van der Waals surface area contributed by atoms with Crippen molar-refractivity contribution in [1.82, 2.24) is 5.32 Å². The second-order valence-electron chi connectivity index (χ2n) is 5.75. The van der Waals surface area contributed by atoms with Gasteiger partial charge in [-0.15, -0.1) is 0 Å². The van der Waals surface area contributed by atoms with Crippen LogP contribution in [0.5, 0.6) is 0 Å². The van der Waals surface area contributed by atoms with Crippen molar-refractivity contribution >= 4 is 5.91 Å². The van der Waals surface area contributed by atoms with Crippen molar-refractivity contribution in [1.29, 1.82) is 0 Å². The number of carbonyl (C=O) groups is 1. The third kappa shape index (κ3) is 2.99. The zero-order valence-corrected chi connectivity index (χ0v) is 10.5. The molecule has 2 nitrogen and oxygen atoms in total. The van der Waals surface area contributed by atoms with Gasteiger partial charge in [-0.25, -0.2) is 0 Å². The quantitative estimate of drug-likeness (QED) is 0.727. The first-order valence-electron chi connectivity index (χ1n) is 7.05. The van der Waals surface area contributed by atoms with Crippen molar-refractivity contribution in [2.24, 2.45) is 17.8 Å². The zero-order chi connectivity index (χ0) is 11.4. The Bertz CT molecular complexity index is 231. The highest BCUT2D eigenvalue weighted by atomic mass is 16.1. The van der Waals surface area contributed by atoms with Gasteiger partial charge in [0.15, 0.2) is 0 Å². The SMILES string of the molecule is CC1CC(C2CCCCCCC2)CNC1=O. The molecule has 0 spiro atoms. The van der Waals surface area contributed by atoms with Crippen LogP contribution in [0.1, 0.15) is 58.3 Å². The van der Waals surface area contributed by atoms with E-state index in [1.807, 2.05) is 0 Å². The Morgan fingerprint density at radius 3 is 2.25 bits per heavy atom. The minimum Gasteiger partial charge on any atom is -0.356 e. The predicted octanol–water partition coefficient (Wildman–Crippen LogP) is 3.12. The summed E-state index contributed by atoms with van der Waals surface area (Å²) in [6.07, 6.45) is 11.0. The molecule has 1 amide bonds. The summed E-state index contributed by atoms with van der Waals surface area (Å²) in [6.45, 7) is 3.01. The van der Waals surface area contributed by atoms with E-state index in [2.05, 4.69) is 12.2 Å². The third-order valence-electron chi connectivity index (χ3n) is 4.46. The molecule has 1 saturated heterocycles. The smallest absolute Gasteiger partial charge is 0.222 e. The van der Waals surface area contributed by atoms with Gasteiger partial charge in [-0.1, -0.05) is 51.9 Å². The number of piperidine rings is 1. The molecule has 1 aliphatic carbocycles. The Labute approximate surface area is 99.2 Å². The lowest BCUT2D eigenvalue weighted by molar-refractivity contribution is -0.127. The zero-order valence-electron chi connectivity index (χ0n) is 10.5. The van der Waals surface area contributed by atoms with Crippen LogP contribution in [-0.4, -0.2) is 12.5 Å². The average molecular weight is 223 g/mol. The fourth-order valence-electron chi connectivity index (χ4n) is 3.37. The molecule has 2 unspecified atom stereocenters. The molecule has 2 atom stereocenters. The molecule has 1 saturated carbocycles. The summed E-state index contributed by atoms with van der Waals surface area (Å²) in [6, 6.07) is 0. The molecule has 0 bridgehead atoms. The normalized spacial score (nSPS) is 33.9. The molecule has 2 rings (SSSR count). The maximum Gasteiger partial charge on any atom is 0.222 e. The number of amides is 1. The van der Waals surface area contributed by atoms with E-state index in [0.717, 1.165) is 24.8 Å². The summed E-state index contributed by atoms with van der Waals surface area (Å²) in [5, 5.41) is 3.08. The predicted molar refractivity (Wildman–Crippen MR) is 66.1 cm³/mol. The Morgan fingerprint density at radius 2 is 1.62 bits per heavy atom. The maximum atomic E-state index is 11.4. The fraction of sp³-hybridized carbons (Fsp3) is 0.929. The number of hydrogen-bond acceptors (Lipinski definition) is 1. The Kier molecular flexibility index (Phi) is 4.25. The van der Waals surface area contributed by atoms with Gasteiger partial charge < -0.3 is 5.32 Å². The fourth-order valence-corrected chi connectivity index (χ4v) is 3.37. The Morgan fingerprint density at radius 1 is 1.00 bits per heavy atom. The van der Waals surface area contributed by atoms with E-state index >= 15 is 0 Å². The number of rotatable bonds is 1. The van der Waals surface area contributed by atoms with Crippen LogP contribution in [0.4, 0.5) is 0 Å². The van der Waals surface area contributed by atoms with Crippen molar-refractivity contribution in [3.63, 3.8) is 0 Å². The summed E-state index contributed by atoms with van der Waals surface area (Å²) < 4.78 is 0. The van der Waals surface area contributed by atoms with E-state index in [0.29, 0.717) is 0 Å². The van der Waals surface area contributed by atoms with E-state index < -0.39 is 0 Å². The van der Waals surface area contributed by atoms with Gasteiger partial charge >= 0.3 is 0 Å². The van der Waals surface area contributed by atoms with E-state index in [9.17, 15) is 4.79 Å². The molecule has 1 heterocycles. The Balaban J connectivity index is 1.87. The highest BCUT2D eigenvalue weighted by molar-refractivity contribution is 5.78. The highest BCUT2D eigenvalue weighted by Crippen LogP contribution is 2.33. The first-order valence-corrected chi connectivity index (χ1v) is 7.05. The molecule has 1 aliphatic heterocycles. The molecule has 2 fully saturated rings. The van der Waals surface area contributed by atoms with Crippen molar-refractivity contribution in [2.45, 2.75) is 58.3 Å². The molecule has 16 heavy (non-hydrogen) atoms. The largest absolute Gasteiger partial charge is 0.356 e. The summed E-state index contributed by atoms with van der Waals surface area (Å²) in [4.78, 5) is 11.4. The van der Waals surface area contributed by atoms with Gasteiger partial charge in [-0.3, -0.25) is 4.79 Å².